The summed E-state index contributed by atoms with van der Waals surface area (Å²) in [7, 11) is 0. The van der Waals surface area contributed by atoms with E-state index in [9.17, 15) is 8.78 Å². The summed E-state index contributed by atoms with van der Waals surface area (Å²) in [4.78, 5) is 12.9. The third-order valence-corrected chi connectivity index (χ3v) is 5.71. The van der Waals surface area contributed by atoms with Crippen molar-refractivity contribution in [3.8, 4) is 5.88 Å². The maximum absolute atomic E-state index is 12.6. The monoisotopic (exact) mass is 431 g/mol. The lowest BCUT2D eigenvalue weighted by molar-refractivity contribution is 0.0804. The van der Waals surface area contributed by atoms with Gasteiger partial charge >= 0.3 is 0 Å². The van der Waals surface area contributed by atoms with Gasteiger partial charge in [-0.2, -0.15) is 0 Å². The Morgan fingerprint density at radius 2 is 2.00 bits per heavy atom. The molecule has 0 N–H and O–H groups in total. The zero-order valence-corrected chi connectivity index (χ0v) is 17.0. The van der Waals surface area contributed by atoms with Crippen LogP contribution in [-0.2, 0) is 24.3 Å². The van der Waals surface area contributed by atoms with Crippen molar-refractivity contribution in [1.82, 2.24) is 20.0 Å². The number of rotatable bonds is 6. The first-order valence-corrected chi connectivity index (χ1v) is 10.3. The smallest absolute Gasteiger partial charge is 0.272 e. The minimum absolute atomic E-state index is 0.184. The minimum atomic E-state index is -2.55. The number of aromatic nitrogens is 3. The molecule has 1 saturated heterocycles. The van der Waals surface area contributed by atoms with Crippen molar-refractivity contribution < 1.29 is 22.8 Å². The number of nitrogens with zero attached hydrogens (tertiary/aromatic N) is 5. The Morgan fingerprint density at radius 3 is 2.84 bits per heavy atom. The number of alkyl halides is 2. The van der Waals surface area contributed by atoms with Crippen LogP contribution in [0.4, 0.5) is 14.5 Å². The van der Waals surface area contributed by atoms with E-state index in [-0.39, 0.29) is 5.88 Å². The standard InChI is InChI=1S/C21H23F2N5O3/c22-20(23)12-30-21-15-9-14(1-2-17(15)24-13-25-21)28-6-4-27(5-7-28)10-18-16-11-29-8-3-19(16)31-26-18/h1-2,9,13,20H,3-8,10-12H2. The molecule has 0 radical (unpaired) electrons. The molecule has 1 aromatic carbocycles. The minimum Gasteiger partial charge on any atom is -0.471 e. The maximum atomic E-state index is 12.6. The fourth-order valence-electron chi connectivity index (χ4n) is 4.06. The molecule has 2 aromatic heterocycles. The van der Waals surface area contributed by atoms with Crippen molar-refractivity contribution >= 4 is 16.6 Å². The summed E-state index contributed by atoms with van der Waals surface area (Å²) in [6.45, 7) is 4.74. The third kappa shape index (κ3) is 4.31. The average molecular weight is 431 g/mol. The van der Waals surface area contributed by atoms with Crippen LogP contribution >= 0.6 is 0 Å². The summed E-state index contributed by atoms with van der Waals surface area (Å²) in [5, 5.41) is 4.89. The van der Waals surface area contributed by atoms with Crippen molar-refractivity contribution in [1.29, 1.82) is 0 Å². The van der Waals surface area contributed by atoms with Gasteiger partial charge in [-0.15, -0.1) is 0 Å². The Kier molecular flexibility index (Phi) is 5.65. The van der Waals surface area contributed by atoms with Gasteiger partial charge in [0, 0.05) is 50.4 Å². The van der Waals surface area contributed by atoms with E-state index < -0.39 is 13.0 Å². The molecule has 164 valence electrons. The van der Waals surface area contributed by atoms with Gasteiger partial charge < -0.3 is 18.9 Å². The number of hydrogen-bond acceptors (Lipinski definition) is 8. The van der Waals surface area contributed by atoms with Crippen molar-refractivity contribution in [2.75, 3.05) is 44.3 Å². The van der Waals surface area contributed by atoms with Crippen LogP contribution < -0.4 is 9.64 Å². The predicted molar refractivity (Wildman–Crippen MR) is 108 cm³/mol. The Hall–Kier alpha value is -2.85. The van der Waals surface area contributed by atoms with Crippen LogP contribution in [0.5, 0.6) is 5.88 Å². The van der Waals surface area contributed by atoms with Crippen molar-refractivity contribution in [2.45, 2.75) is 26.0 Å². The molecule has 4 heterocycles. The Morgan fingerprint density at radius 1 is 1.13 bits per heavy atom. The number of halogens is 2. The molecule has 31 heavy (non-hydrogen) atoms. The average Bonchev–Trinajstić information content (AvgIpc) is 3.20. The van der Waals surface area contributed by atoms with E-state index in [1.54, 1.807) is 0 Å². The lowest BCUT2D eigenvalue weighted by atomic mass is 10.1. The van der Waals surface area contributed by atoms with E-state index in [1.165, 1.54) is 6.33 Å². The molecular formula is C21H23F2N5O3. The Labute approximate surface area is 177 Å². The highest BCUT2D eigenvalue weighted by molar-refractivity contribution is 5.86. The summed E-state index contributed by atoms with van der Waals surface area (Å²) in [5.74, 6) is 1.13. The van der Waals surface area contributed by atoms with E-state index in [4.69, 9.17) is 14.0 Å². The first kappa shape index (κ1) is 20.1. The lowest BCUT2D eigenvalue weighted by Gasteiger charge is -2.36. The molecule has 0 spiro atoms. The number of anilines is 1. The van der Waals surface area contributed by atoms with Gasteiger partial charge in [0.05, 0.1) is 24.1 Å². The first-order valence-electron chi connectivity index (χ1n) is 10.3. The quantitative estimate of drug-likeness (QED) is 0.590. The molecule has 1 fully saturated rings. The van der Waals surface area contributed by atoms with E-state index in [1.807, 2.05) is 18.2 Å². The molecule has 0 aliphatic carbocycles. The number of piperazine rings is 1. The van der Waals surface area contributed by atoms with Crippen LogP contribution in [0.25, 0.3) is 10.9 Å². The first-order chi connectivity index (χ1) is 15.2. The molecule has 2 aliphatic rings. The number of ether oxygens (including phenoxy) is 2. The van der Waals surface area contributed by atoms with Crippen LogP contribution in [0.1, 0.15) is 17.0 Å². The van der Waals surface area contributed by atoms with E-state index >= 15 is 0 Å². The van der Waals surface area contributed by atoms with Crippen molar-refractivity contribution in [3.63, 3.8) is 0 Å². The second kappa shape index (κ2) is 8.72. The predicted octanol–water partition coefficient (Wildman–Crippen LogP) is 2.66. The van der Waals surface area contributed by atoms with Crippen molar-refractivity contribution in [3.05, 3.63) is 41.5 Å². The Balaban J connectivity index is 1.26. The van der Waals surface area contributed by atoms with Gasteiger partial charge in [-0.1, -0.05) is 5.16 Å². The highest BCUT2D eigenvalue weighted by Crippen LogP contribution is 2.28. The molecule has 0 saturated carbocycles. The second-order valence-electron chi connectivity index (χ2n) is 7.68. The lowest BCUT2D eigenvalue weighted by Crippen LogP contribution is -2.46. The van der Waals surface area contributed by atoms with Gasteiger partial charge in [-0.3, -0.25) is 4.90 Å². The van der Waals surface area contributed by atoms with Crippen LogP contribution in [-0.4, -0.2) is 65.8 Å². The summed E-state index contributed by atoms with van der Waals surface area (Å²) in [6, 6.07) is 5.78. The molecule has 10 heteroatoms. The van der Waals surface area contributed by atoms with Gasteiger partial charge in [-0.25, -0.2) is 18.7 Å². The molecule has 0 bridgehead atoms. The fraction of sp³-hybridized carbons (Fsp3) is 0.476. The molecule has 8 nitrogen and oxygen atoms in total. The second-order valence-corrected chi connectivity index (χ2v) is 7.68. The van der Waals surface area contributed by atoms with Gasteiger partial charge in [0.2, 0.25) is 5.88 Å². The third-order valence-electron chi connectivity index (χ3n) is 5.71. The summed E-state index contributed by atoms with van der Waals surface area (Å²) >= 11 is 0. The van der Waals surface area contributed by atoms with Crippen molar-refractivity contribution in [2.24, 2.45) is 0 Å². The molecule has 0 unspecified atom stereocenters. The van der Waals surface area contributed by atoms with E-state index in [0.717, 1.165) is 61.8 Å². The van der Waals surface area contributed by atoms with Gasteiger partial charge in [-0.05, 0) is 18.2 Å². The SMILES string of the molecule is FC(F)COc1ncnc2ccc(N3CCN(Cc4noc5c4COCC5)CC3)cc12. The van der Waals surface area contributed by atoms with Crippen LogP contribution in [0.15, 0.2) is 29.0 Å². The topological polar surface area (TPSA) is 76.8 Å². The van der Waals surface area contributed by atoms with Crippen LogP contribution in [0.2, 0.25) is 0 Å². The molecule has 5 rings (SSSR count). The normalized spacial score (nSPS) is 17.3. The van der Waals surface area contributed by atoms with Crippen LogP contribution in [0, 0.1) is 0 Å². The van der Waals surface area contributed by atoms with Gasteiger partial charge in [0.25, 0.3) is 6.43 Å². The van der Waals surface area contributed by atoms with E-state index in [2.05, 4.69) is 24.9 Å². The summed E-state index contributed by atoms with van der Waals surface area (Å²) in [5.41, 5.74) is 3.72. The zero-order chi connectivity index (χ0) is 21.2. The molecule has 2 aliphatic heterocycles. The van der Waals surface area contributed by atoms with Gasteiger partial charge in [0.1, 0.15) is 17.8 Å². The van der Waals surface area contributed by atoms with Gasteiger partial charge in [0.15, 0.2) is 6.61 Å². The fourth-order valence-corrected chi connectivity index (χ4v) is 4.06. The summed E-state index contributed by atoms with van der Waals surface area (Å²) < 4.78 is 41.3. The number of fused-ring (bicyclic) bond motifs is 2. The van der Waals surface area contributed by atoms with Crippen LogP contribution in [0.3, 0.4) is 0 Å². The largest absolute Gasteiger partial charge is 0.471 e. The molecular weight excluding hydrogens is 408 g/mol. The number of benzene rings is 1. The number of hydrogen-bond donors (Lipinski definition) is 0. The molecule has 0 atom stereocenters. The molecule has 3 aromatic rings. The highest BCUT2D eigenvalue weighted by Gasteiger charge is 2.24. The Bertz CT molecular complexity index is 1050. The summed E-state index contributed by atoms with van der Waals surface area (Å²) in [6.07, 6.45) is -0.441. The maximum Gasteiger partial charge on any atom is 0.272 e. The zero-order valence-electron chi connectivity index (χ0n) is 17.0. The highest BCUT2D eigenvalue weighted by atomic mass is 19.3. The molecule has 0 amide bonds. The van der Waals surface area contributed by atoms with E-state index in [0.29, 0.717) is 24.1 Å².